The largest absolute Gasteiger partial charge is 0.293 e. The molecule has 1 rings (SSSR count). The van der Waals surface area contributed by atoms with Crippen molar-refractivity contribution in [3.63, 3.8) is 0 Å². The van der Waals surface area contributed by atoms with Crippen LogP contribution in [0, 0.1) is 0 Å². The molecule has 1 heterocycles. The van der Waals surface area contributed by atoms with Gasteiger partial charge in [0, 0.05) is 0 Å². The normalized spacial score (nSPS) is 17.7. The van der Waals surface area contributed by atoms with Crippen LogP contribution in [0.1, 0.15) is 0 Å². The lowest BCUT2D eigenvalue weighted by Gasteiger charge is -2.09. The second kappa shape index (κ2) is 3.55. The van der Waals surface area contributed by atoms with E-state index in [4.69, 9.17) is 12.2 Å². The number of hydrogen-bond donors (Lipinski definition) is 0. The zero-order valence-electron chi connectivity index (χ0n) is 5.70. The minimum Gasteiger partial charge on any atom is -0.273 e. The average Bonchev–Trinajstić information content (AvgIpc) is 2.30. The Balaban J connectivity index is 2.76. The van der Waals surface area contributed by atoms with Crippen molar-refractivity contribution >= 4 is 51.2 Å². The lowest BCUT2D eigenvalue weighted by atomic mass is 10.6. The molecule has 1 aliphatic rings. The Morgan fingerprint density at radius 1 is 1.82 bits per heavy atom. The van der Waals surface area contributed by atoms with Gasteiger partial charge < -0.3 is 0 Å². The zero-order chi connectivity index (χ0) is 8.43. The van der Waals surface area contributed by atoms with Gasteiger partial charge in [-0.05, 0) is 6.26 Å². The third-order valence-electron chi connectivity index (χ3n) is 1.11. The second-order valence-corrected chi connectivity index (χ2v) is 4.12. The van der Waals surface area contributed by atoms with Crippen molar-refractivity contribution in [1.82, 2.24) is 4.90 Å². The fourth-order valence-corrected chi connectivity index (χ4v) is 2.16. The van der Waals surface area contributed by atoms with E-state index in [1.54, 1.807) is 6.26 Å². The summed E-state index contributed by atoms with van der Waals surface area (Å²) in [5.74, 6) is 0.0878. The number of nitrogens with zero attached hydrogens (tertiary/aromatic N) is 1. The Labute approximate surface area is 77.9 Å². The van der Waals surface area contributed by atoms with Gasteiger partial charge in [-0.15, -0.1) is 0 Å². The summed E-state index contributed by atoms with van der Waals surface area (Å²) >= 11 is 7.02. The van der Waals surface area contributed by atoms with Crippen LogP contribution in [0.5, 0.6) is 0 Å². The fraction of sp³-hybridized carbons (Fsp3) is 0.400. The maximum atomic E-state index is 11.0. The van der Waals surface area contributed by atoms with Crippen molar-refractivity contribution in [3.05, 3.63) is 0 Å². The third-order valence-corrected chi connectivity index (χ3v) is 3.00. The molecule has 0 radical (unpaired) electrons. The van der Waals surface area contributed by atoms with Crippen molar-refractivity contribution in [3.8, 4) is 0 Å². The van der Waals surface area contributed by atoms with Crippen LogP contribution in [0.15, 0.2) is 0 Å². The number of amides is 2. The van der Waals surface area contributed by atoms with Crippen LogP contribution in [0.3, 0.4) is 0 Å². The number of thioether (sulfide) groups is 2. The van der Waals surface area contributed by atoms with Crippen LogP contribution in [-0.2, 0) is 4.79 Å². The highest BCUT2D eigenvalue weighted by Crippen LogP contribution is 2.22. The molecule has 2 amide bonds. The van der Waals surface area contributed by atoms with E-state index in [0.717, 1.165) is 16.7 Å². The standard InChI is InChI=1S/C5H5NO2S3/c1-10-4(8)6-3(7)2-11-5(6)9/h2H2,1H3. The van der Waals surface area contributed by atoms with Gasteiger partial charge in [0.25, 0.3) is 5.24 Å². The van der Waals surface area contributed by atoms with Gasteiger partial charge in [-0.2, -0.15) is 0 Å². The van der Waals surface area contributed by atoms with E-state index < -0.39 is 0 Å². The van der Waals surface area contributed by atoms with Crippen LogP contribution in [0.4, 0.5) is 4.79 Å². The lowest BCUT2D eigenvalue weighted by molar-refractivity contribution is -0.121. The first-order valence-electron chi connectivity index (χ1n) is 2.74. The number of thiocarbonyl (C=S) groups is 1. The first-order chi connectivity index (χ1) is 5.16. The monoisotopic (exact) mass is 207 g/mol. The number of carbonyl (C=O) groups is 2. The molecule has 0 saturated carbocycles. The van der Waals surface area contributed by atoms with Gasteiger partial charge in [0.2, 0.25) is 5.91 Å². The Hall–Kier alpha value is -0.0700. The summed E-state index contributed by atoms with van der Waals surface area (Å²) in [6.07, 6.45) is 1.63. The highest BCUT2D eigenvalue weighted by Gasteiger charge is 2.31. The molecule has 3 nitrogen and oxygen atoms in total. The van der Waals surface area contributed by atoms with Crippen molar-refractivity contribution in [2.45, 2.75) is 0 Å². The van der Waals surface area contributed by atoms with Crippen molar-refractivity contribution < 1.29 is 9.59 Å². The molecule has 1 aliphatic heterocycles. The Bertz CT molecular complexity index is 212. The van der Waals surface area contributed by atoms with Gasteiger partial charge in [-0.25, -0.2) is 4.90 Å². The number of hydrogen-bond acceptors (Lipinski definition) is 5. The summed E-state index contributed by atoms with van der Waals surface area (Å²) in [6.45, 7) is 0. The summed E-state index contributed by atoms with van der Waals surface area (Å²) in [7, 11) is 0. The predicted molar refractivity (Wildman–Crippen MR) is 50.8 cm³/mol. The quantitative estimate of drug-likeness (QED) is 0.560. The highest BCUT2D eigenvalue weighted by atomic mass is 32.2. The van der Waals surface area contributed by atoms with Crippen LogP contribution < -0.4 is 0 Å². The highest BCUT2D eigenvalue weighted by molar-refractivity contribution is 8.24. The molecule has 0 atom stereocenters. The number of carbonyl (C=O) groups excluding carboxylic acids is 2. The summed E-state index contributed by atoms with van der Waals surface area (Å²) in [5.41, 5.74) is 0. The molecule has 11 heavy (non-hydrogen) atoms. The molecular formula is C5H5NO2S3. The first-order valence-corrected chi connectivity index (χ1v) is 5.36. The van der Waals surface area contributed by atoms with E-state index >= 15 is 0 Å². The van der Waals surface area contributed by atoms with Gasteiger partial charge in [-0.3, -0.25) is 9.59 Å². The Kier molecular flexibility index (Phi) is 2.91. The molecule has 0 spiro atoms. The van der Waals surface area contributed by atoms with Crippen LogP contribution in [-0.4, -0.2) is 32.4 Å². The SMILES string of the molecule is CSC(=O)N1C(=O)CSC1=S. The lowest BCUT2D eigenvalue weighted by Crippen LogP contribution is -2.31. The summed E-state index contributed by atoms with van der Waals surface area (Å²) in [5, 5.41) is -0.287. The molecular weight excluding hydrogens is 202 g/mol. The van der Waals surface area contributed by atoms with Gasteiger partial charge in [0.1, 0.15) is 0 Å². The van der Waals surface area contributed by atoms with E-state index in [0.29, 0.717) is 10.1 Å². The van der Waals surface area contributed by atoms with E-state index in [1.807, 2.05) is 0 Å². The molecule has 0 aromatic heterocycles. The molecule has 0 aromatic rings. The summed E-state index contributed by atoms with van der Waals surface area (Å²) in [6, 6.07) is 0. The smallest absolute Gasteiger partial charge is 0.273 e. The Morgan fingerprint density at radius 2 is 2.45 bits per heavy atom. The molecule has 6 heteroatoms. The molecule has 0 unspecified atom stereocenters. The summed E-state index contributed by atoms with van der Waals surface area (Å²) < 4.78 is 0.370. The maximum Gasteiger partial charge on any atom is 0.293 e. The molecule has 0 bridgehead atoms. The first kappa shape index (κ1) is 9.02. The van der Waals surface area contributed by atoms with E-state index in [9.17, 15) is 9.59 Å². The second-order valence-electron chi connectivity index (χ2n) is 1.75. The van der Waals surface area contributed by atoms with Crippen LogP contribution in [0.25, 0.3) is 0 Å². The predicted octanol–water partition coefficient (Wildman–Crippen LogP) is 1.33. The molecule has 60 valence electrons. The molecule has 1 fully saturated rings. The van der Waals surface area contributed by atoms with Crippen LogP contribution >= 0.6 is 35.7 Å². The summed E-state index contributed by atoms with van der Waals surface area (Å²) in [4.78, 5) is 23.0. The minimum absolute atomic E-state index is 0.209. The molecule has 0 aliphatic carbocycles. The minimum atomic E-state index is -0.287. The maximum absolute atomic E-state index is 11.0. The topological polar surface area (TPSA) is 37.4 Å². The van der Waals surface area contributed by atoms with Gasteiger partial charge >= 0.3 is 0 Å². The fourth-order valence-electron chi connectivity index (χ4n) is 0.622. The van der Waals surface area contributed by atoms with Gasteiger partial charge in [-0.1, -0.05) is 35.7 Å². The molecule has 0 N–H and O–H groups in total. The van der Waals surface area contributed by atoms with Gasteiger partial charge in [0.05, 0.1) is 5.75 Å². The van der Waals surface area contributed by atoms with Gasteiger partial charge in [0.15, 0.2) is 4.32 Å². The van der Waals surface area contributed by atoms with Crippen molar-refractivity contribution in [2.24, 2.45) is 0 Å². The third kappa shape index (κ3) is 1.74. The van der Waals surface area contributed by atoms with Crippen molar-refractivity contribution in [2.75, 3.05) is 12.0 Å². The molecule has 1 saturated heterocycles. The molecule has 0 aromatic carbocycles. The van der Waals surface area contributed by atoms with E-state index in [2.05, 4.69) is 0 Å². The average molecular weight is 207 g/mol. The number of rotatable bonds is 0. The van der Waals surface area contributed by atoms with E-state index in [1.165, 1.54) is 11.8 Å². The zero-order valence-corrected chi connectivity index (χ0v) is 8.15. The number of imide groups is 1. The van der Waals surface area contributed by atoms with Crippen LogP contribution in [0.2, 0.25) is 0 Å². The van der Waals surface area contributed by atoms with Crippen molar-refractivity contribution in [1.29, 1.82) is 0 Å². The Morgan fingerprint density at radius 3 is 2.82 bits per heavy atom. The van der Waals surface area contributed by atoms with E-state index in [-0.39, 0.29) is 11.1 Å².